The summed E-state index contributed by atoms with van der Waals surface area (Å²) in [5.74, 6) is 2.02. The molecule has 0 aliphatic carbocycles. The summed E-state index contributed by atoms with van der Waals surface area (Å²) < 4.78 is 11.3. The average Bonchev–Trinajstić information content (AvgIpc) is 3.31. The Hall–Kier alpha value is -1.59. The number of benzene rings is 1. The molecule has 1 amide bonds. The summed E-state index contributed by atoms with van der Waals surface area (Å²) >= 11 is 0. The predicted molar refractivity (Wildman–Crippen MR) is 95.9 cm³/mol. The van der Waals surface area contributed by atoms with E-state index in [1.807, 2.05) is 29.2 Å². The standard InChI is InChI=1S/C20H28N2O3/c1-24-17-6-4-15(5-7-17)20(23)22-11-8-16-14-25-19(18(16)12-22)13-21-9-2-3-10-21/h4-7,16,18-19H,2-3,8-14H2,1H3/t16-,18-,19+/m1/s1. The average molecular weight is 344 g/mol. The van der Waals surface area contributed by atoms with Crippen molar-refractivity contribution in [3.05, 3.63) is 29.8 Å². The molecule has 1 aromatic rings. The van der Waals surface area contributed by atoms with Gasteiger partial charge in [0.1, 0.15) is 5.75 Å². The molecule has 5 nitrogen and oxygen atoms in total. The molecule has 5 heteroatoms. The first kappa shape index (κ1) is 16.9. The Labute approximate surface area is 149 Å². The van der Waals surface area contributed by atoms with Crippen molar-refractivity contribution in [1.82, 2.24) is 9.80 Å². The van der Waals surface area contributed by atoms with Crippen molar-refractivity contribution in [2.45, 2.75) is 25.4 Å². The zero-order valence-corrected chi connectivity index (χ0v) is 15.0. The zero-order chi connectivity index (χ0) is 17.2. The lowest BCUT2D eigenvalue weighted by Crippen LogP contribution is -2.47. The van der Waals surface area contributed by atoms with E-state index in [4.69, 9.17) is 9.47 Å². The van der Waals surface area contributed by atoms with E-state index in [0.717, 1.165) is 44.0 Å². The van der Waals surface area contributed by atoms with E-state index in [1.165, 1.54) is 25.9 Å². The number of hydrogen-bond donors (Lipinski definition) is 0. The molecule has 0 N–H and O–H groups in total. The molecule has 4 rings (SSSR count). The molecular formula is C20H28N2O3. The number of carbonyl (C=O) groups excluding carboxylic acids is 1. The van der Waals surface area contributed by atoms with Gasteiger partial charge < -0.3 is 19.3 Å². The summed E-state index contributed by atoms with van der Waals surface area (Å²) in [4.78, 5) is 17.4. The first-order valence-corrected chi connectivity index (χ1v) is 9.52. The van der Waals surface area contributed by atoms with Crippen LogP contribution in [0.1, 0.15) is 29.6 Å². The second kappa shape index (κ2) is 7.34. The Morgan fingerprint density at radius 2 is 1.96 bits per heavy atom. The maximum Gasteiger partial charge on any atom is 0.253 e. The molecular weight excluding hydrogens is 316 g/mol. The van der Waals surface area contributed by atoms with Crippen molar-refractivity contribution < 1.29 is 14.3 Å². The summed E-state index contributed by atoms with van der Waals surface area (Å²) in [6, 6.07) is 7.43. The number of hydrogen-bond acceptors (Lipinski definition) is 4. The highest BCUT2D eigenvalue weighted by atomic mass is 16.5. The number of ether oxygens (including phenoxy) is 2. The largest absolute Gasteiger partial charge is 0.497 e. The lowest BCUT2D eigenvalue weighted by atomic mass is 9.84. The molecule has 3 fully saturated rings. The first-order chi connectivity index (χ1) is 12.2. The van der Waals surface area contributed by atoms with Crippen molar-refractivity contribution >= 4 is 5.91 Å². The molecule has 0 aromatic heterocycles. The number of nitrogens with zero attached hydrogens (tertiary/aromatic N) is 2. The van der Waals surface area contributed by atoms with Crippen LogP contribution in [-0.2, 0) is 4.74 Å². The minimum Gasteiger partial charge on any atom is -0.497 e. The highest BCUT2D eigenvalue weighted by molar-refractivity contribution is 5.94. The van der Waals surface area contributed by atoms with Crippen LogP contribution in [0.4, 0.5) is 0 Å². The molecule has 25 heavy (non-hydrogen) atoms. The Morgan fingerprint density at radius 1 is 1.20 bits per heavy atom. The Bertz CT molecular complexity index is 597. The van der Waals surface area contributed by atoms with Gasteiger partial charge in [0.05, 0.1) is 19.8 Å². The first-order valence-electron chi connectivity index (χ1n) is 9.52. The van der Waals surface area contributed by atoms with Crippen molar-refractivity contribution in [1.29, 1.82) is 0 Å². The van der Waals surface area contributed by atoms with Gasteiger partial charge in [-0.25, -0.2) is 0 Å². The van der Waals surface area contributed by atoms with Crippen LogP contribution in [-0.4, -0.2) is 68.3 Å². The van der Waals surface area contributed by atoms with E-state index >= 15 is 0 Å². The van der Waals surface area contributed by atoms with Gasteiger partial charge in [0.25, 0.3) is 5.91 Å². The predicted octanol–water partition coefficient (Wildman–Crippen LogP) is 2.27. The number of carbonyl (C=O) groups is 1. The fraction of sp³-hybridized carbons (Fsp3) is 0.650. The number of rotatable bonds is 4. The van der Waals surface area contributed by atoms with Gasteiger partial charge >= 0.3 is 0 Å². The molecule has 0 unspecified atom stereocenters. The lowest BCUT2D eigenvalue weighted by Gasteiger charge is -2.37. The van der Waals surface area contributed by atoms with Crippen LogP contribution < -0.4 is 4.74 Å². The Morgan fingerprint density at radius 3 is 2.68 bits per heavy atom. The quantitative estimate of drug-likeness (QED) is 0.840. The highest BCUT2D eigenvalue weighted by Crippen LogP contribution is 2.35. The molecule has 3 atom stereocenters. The van der Waals surface area contributed by atoms with Crippen molar-refractivity contribution in [3.63, 3.8) is 0 Å². The monoisotopic (exact) mass is 344 g/mol. The van der Waals surface area contributed by atoms with Gasteiger partial charge in [0.2, 0.25) is 0 Å². The minimum atomic E-state index is 0.132. The number of amides is 1. The summed E-state index contributed by atoms with van der Waals surface area (Å²) in [5, 5.41) is 0. The molecule has 136 valence electrons. The van der Waals surface area contributed by atoms with Gasteiger partial charge in [-0.3, -0.25) is 4.79 Å². The highest BCUT2D eigenvalue weighted by Gasteiger charge is 2.42. The van der Waals surface area contributed by atoms with Crippen molar-refractivity contribution in [2.75, 3.05) is 46.4 Å². The molecule has 3 aliphatic heterocycles. The molecule has 0 saturated carbocycles. The lowest BCUT2D eigenvalue weighted by molar-refractivity contribution is 0.0436. The van der Waals surface area contributed by atoms with Gasteiger partial charge in [0.15, 0.2) is 0 Å². The third kappa shape index (κ3) is 3.53. The Balaban J connectivity index is 1.40. The maximum absolute atomic E-state index is 12.9. The van der Waals surface area contributed by atoms with E-state index in [9.17, 15) is 4.79 Å². The fourth-order valence-corrected chi connectivity index (χ4v) is 4.54. The van der Waals surface area contributed by atoms with Crippen LogP contribution in [0.2, 0.25) is 0 Å². The van der Waals surface area contributed by atoms with Crippen LogP contribution in [0.15, 0.2) is 24.3 Å². The molecule has 0 bridgehead atoms. The summed E-state index contributed by atoms with van der Waals surface area (Å²) in [6.45, 7) is 5.97. The third-order valence-corrected chi connectivity index (χ3v) is 6.07. The summed E-state index contributed by atoms with van der Waals surface area (Å²) in [6.07, 6.45) is 3.96. The van der Waals surface area contributed by atoms with Gasteiger partial charge in [-0.1, -0.05) is 0 Å². The SMILES string of the molecule is COc1ccc(C(=O)N2CC[C@@H]3CO[C@@H](CN4CCCC4)[C@@H]3C2)cc1. The third-order valence-electron chi connectivity index (χ3n) is 6.07. The normalized spacial score (nSPS) is 29.6. The molecule has 3 aliphatic rings. The second-order valence-electron chi connectivity index (χ2n) is 7.57. The fourth-order valence-electron chi connectivity index (χ4n) is 4.54. The summed E-state index contributed by atoms with van der Waals surface area (Å²) in [7, 11) is 1.64. The second-order valence-corrected chi connectivity index (χ2v) is 7.57. The van der Waals surface area contributed by atoms with Crippen LogP contribution >= 0.6 is 0 Å². The number of piperidine rings is 1. The molecule has 3 saturated heterocycles. The summed E-state index contributed by atoms with van der Waals surface area (Å²) in [5.41, 5.74) is 0.745. The van der Waals surface area contributed by atoms with Crippen LogP contribution in [0.3, 0.4) is 0 Å². The maximum atomic E-state index is 12.9. The van der Waals surface area contributed by atoms with Crippen LogP contribution in [0.5, 0.6) is 5.75 Å². The van der Waals surface area contributed by atoms with Crippen LogP contribution in [0.25, 0.3) is 0 Å². The van der Waals surface area contributed by atoms with Gasteiger partial charge in [-0.15, -0.1) is 0 Å². The number of fused-ring (bicyclic) bond motifs is 1. The van der Waals surface area contributed by atoms with Crippen LogP contribution in [0, 0.1) is 11.8 Å². The number of likely N-dealkylation sites (tertiary alicyclic amines) is 2. The van der Waals surface area contributed by atoms with Crippen molar-refractivity contribution in [2.24, 2.45) is 11.8 Å². The van der Waals surface area contributed by atoms with E-state index < -0.39 is 0 Å². The molecule has 3 heterocycles. The minimum absolute atomic E-state index is 0.132. The smallest absolute Gasteiger partial charge is 0.253 e. The zero-order valence-electron chi connectivity index (χ0n) is 15.0. The van der Waals surface area contributed by atoms with Gasteiger partial charge in [0, 0.05) is 31.1 Å². The molecule has 0 spiro atoms. The van der Waals surface area contributed by atoms with Crippen molar-refractivity contribution in [3.8, 4) is 5.75 Å². The molecule has 0 radical (unpaired) electrons. The van der Waals surface area contributed by atoms with Gasteiger partial charge in [-0.2, -0.15) is 0 Å². The Kier molecular flexibility index (Phi) is 4.95. The topological polar surface area (TPSA) is 42.0 Å². The molecule has 1 aromatic carbocycles. The van der Waals surface area contributed by atoms with E-state index in [-0.39, 0.29) is 12.0 Å². The van der Waals surface area contributed by atoms with E-state index in [1.54, 1.807) is 7.11 Å². The number of methoxy groups -OCH3 is 1. The van der Waals surface area contributed by atoms with E-state index in [0.29, 0.717) is 11.8 Å². The van der Waals surface area contributed by atoms with E-state index in [2.05, 4.69) is 4.90 Å². The van der Waals surface area contributed by atoms with Gasteiger partial charge in [-0.05, 0) is 62.5 Å².